The van der Waals surface area contributed by atoms with Crippen LogP contribution >= 0.6 is 0 Å². The minimum Gasteiger partial charge on any atom is -0.459 e. The van der Waals surface area contributed by atoms with E-state index in [0.717, 1.165) is 36.8 Å². The summed E-state index contributed by atoms with van der Waals surface area (Å²) < 4.78 is 24.7. The van der Waals surface area contributed by atoms with Crippen LogP contribution in [0.2, 0.25) is 0 Å². The summed E-state index contributed by atoms with van der Waals surface area (Å²) in [5, 5.41) is 26.9. The largest absolute Gasteiger partial charge is 0.459 e. The number of rotatable bonds is 15. The van der Waals surface area contributed by atoms with Gasteiger partial charge in [-0.15, -0.1) is 6.58 Å². The summed E-state index contributed by atoms with van der Waals surface area (Å²) in [5.74, 6) is -1.04. The summed E-state index contributed by atoms with van der Waals surface area (Å²) in [6.07, 6.45) is 7.63. The van der Waals surface area contributed by atoms with E-state index in [2.05, 4.69) is 18.0 Å². The summed E-state index contributed by atoms with van der Waals surface area (Å²) in [7, 11) is 3.01. The average molecular weight is 686 g/mol. The van der Waals surface area contributed by atoms with Crippen molar-refractivity contribution in [3.63, 3.8) is 0 Å². The molecule has 1 fully saturated rings. The highest BCUT2D eigenvalue weighted by Crippen LogP contribution is 2.61. The van der Waals surface area contributed by atoms with Gasteiger partial charge >= 0.3 is 12.2 Å². The fourth-order valence-corrected chi connectivity index (χ4v) is 7.54. The zero-order valence-electron chi connectivity index (χ0n) is 29.9. The van der Waals surface area contributed by atoms with Crippen LogP contribution in [0.1, 0.15) is 84.1 Å². The van der Waals surface area contributed by atoms with E-state index < -0.39 is 35.5 Å². The van der Waals surface area contributed by atoms with Gasteiger partial charge in [-0.25, -0.2) is 9.59 Å². The number of oxime groups is 1. The van der Waals surface area contributed by atoms with Crippen LogP contribution < -0.4 is 14.8 Å². The molecule has 4 rings (SSSR count). The van der Waals surface area contributed by atoms with Crippen molar-refractivity contribution in [2.75, 3.05) is 40.5 Å². The monoisotopic (exact) mass is 685 g/mol. The number of hydrogen-bond donors (Lipinski definition) is 3. The normalized spacial score (nSPS) is 26.4. The van der Waals surface area contributed by atoms with Gasteiger partial charge in [-0.3, -0.25) is 0 Å². The number of hydrogen-bond acceptors (Lipinski definition) is 10. The Balaban J connectivity index is 2.03. The smallest absolute Gasteiger partial charge is 0.412 e. The van der Waals surface area contributed by atoms with E-state index in [1.54, 1.807) is 25.3 Å². The van der Waals surface area contributed by atoms with Crippen molar-refractivity contribution in [3.05, 3.63) is 48.1 Å². The molecule has 1 saturated carbocycles. The van der Waals surface area contributed by atoms with Gasteiger partial charge in [-0.2, -0.15) is 0 Å². The number of aliphatic hydroxyl groups excluding tert-OH is 2. The standard InChI is InChI=1S/C37H55N3O9/c1-8-20-46-37-31(40(6)35(44)45-7)23-29(39-49-36(3,4)5)27-21-24(14-10-12-18-41)26(15-11-13-19-42)32(33(27)37)28-22-25(16-17-30(28)48-37)47-34(43)38-9-2/h8,16-17,21-22,24,26,31-33,41-42H,1,9-15,18-20,23H2,2-7H3,(H,38,43). The van der Waals surface area contributed by atoms with Gasteiger partial charge in [0.15, 0.2) is 0 Å². The molecule has 1 aromatic rings. The summed E-state index contributed by atoms with van der Waals surface area (Å²) in [6.45, 7) is 12.3. The topological polar surface area (TPSA) is 148 Å². The second kappa shape index (κ2) is 16.9. The van der Waals surface area contributed by atoms with Gasteiger partial charge in [0, 0.05) is 44.7 Å². The maximum atomic E-state index is 13.2. The Morgan fingerprint density at radius 3 is 2.51 bits per heavy atom. The summed E-state index contributed by atoms with van der Waals surface area (Å²) >= 11 is 0. The van der Waals surface area contributed by atoms with E-state index in [9.17, 15) is 19.8 Å². The first-order valence-corrected chi connectivity index (χ1v) is 17.5. The van der Waals surface area contributed by atoms with Gasteiger partial charge in [-0.05, 0) is 89.0 Å². The number of carbonyl (C=O) groups excluding carboxylic acids is 2. The van der Waals surface area contributed by atoms with Gasteiger partial charge in [0.2, 0.25) is 5.79 Å². The van der Waals surface area contributed by atoms with Gasteiger partial charge in [0.05, 0.1) is 25.3 Å². The average Bonchev–Trinajstić information content (AvgIpc) is 3.07. The number of fused-ring (bicyclic) bond motifs is 2. The molecule has 12 nitrogen and oxygen atoms in total. The Labute approximate surface area is 290 Å². The lowest BCUT2D eigenvalue weighted by Crippen LogP contribution is -2.69. The summed E-state index contributed by atoms with van der Waals surface area (Å²) in [4.78, 5) is 33.3. The van der Waals surface area contributed by atoms with E-state index in [4.69, 9.17) is 28.9 Å². The minimum atomic E-state index is -1.38. The number of ether oxygens (including phenoxy) is 4. The van der Waals surface area contributed by atoms with Crippen LogP contribution in [0.15, 0.2) is 47.7 Å². The van der Waals surface area contributed by atoms with E-state index >= 15 is 0 Å². The molecule has 1 heterocycles. The van der Waals surface area contributed by atoms with Crippen LogP contribution in [0, 0.1) is 17.8 Å². The Bertz CT molecular complexity index is 1370. The number of aliphatic hydroxyl groups is 2. The number of benzene rings is 1. The van der Waals surface area contributed by atoms with Crippen LogP contribution in [0.3, 0.4) is 0 Å². The van der Waals surface area contributed by atoms with Crippen LogP contribution in [0.4, 0.5) is 9.59 Å². The van der Waals surface area contributed by atoms with E-state index in [1.165, 1.54) is 12.0 Å². The molecule has 0 bridgehead atoms. The van der Waals surface area contributed by atoms with Crippen LogP contribution in [0.25, 0.3) is 0 Å². The van der Waals surface area contributed by atoms with Gasteiger partial charge in [0.25, 0.3) is 0 Å². The zero-order chi connectivity index (χ0) is 35.8. The molecule has 1 aliphatic heterocycles. The molecule has 0 spiro atoms. The molecule has 3 N–H and O–H groups in total. The predicted octanol–water partition coefficient (Wildman–Crippen LogP) is 5.93. The Morgan fingerprint density at radius 1 is 1.16 bits per heavy atom. The molecule has 1 aromatic carbocycles. The fourth-order valence-electron chi connectivity index (χ4n) is 7.54. The summed E-state index contributed by atoms with van der Waals surface area (Å²) in [6, 6.07) is 4.68. The highest BCUT2D eigenvalue weighted by molar-refractivity contribution is 6.03. The summed E-state index contributed by atoms with van der Waals surface area (Å²) in [5.41, 5.74) is 1.88. The van der Waals surface area contributed by atoms with E-state index in [1.807, 2.05) is 33.8 Å². The number of nitrogens with one attached hydrogen (secondary N) is 1. The second-order valence-corrected chi connectivity index (χ2v) is 14.0. The Morgan fingerprint density at radius 2 is 1.88 bits per heavy atom. The predicted molar refractivity (Wildman–Crippen MR) is 186 cm³/mol. The Kier molecular flexibility index (Phi) is 13.1. The molecule has 12 heteroatoms. The Hall–Kier alpha value is -3.61. The number of amides is 2. The number of carbonyl (C=O) groups is 2. The lowest BCUT2D eigenvalue weighted by atomic mass is 9.55. The highest BCUT2D eigenvalue weighted by Gasteiger charge is 2.65. The molecule has 0 aromatic heterocycles. The van der Waals surface area contributed by atoms with Crippen LogP contribution in [0.5, 0.6) is 11.5 Å². The fraction of sp³-hybridized carbons (Fsp3) is 0.649. The number of methoxy groups -OCH3 is 1. The lowest BCUT2D eigenvalue weighted by molar-refractivity contribution is -0.253. The highest BCUT2D eigenvalue weighted by atomic mass is 16.7. The molecular formula is C37H55N3O9. The number of nitrogens with zero attached hydrogens (tertiary/aromatic N) is 2. The van der Waals surface area contributed by atoms with Crippen molar-refractivity contribution in [2.24, 2.45) is 22.9 Å². The van der Waals surface area contributed by atoms with E-state index in [-0.39, 0.29) is 44.0 Å². The third-order valence-electron chi connectivity index (χ3n) is 9.54. The molecule has 3 aliphatic rings. The molecule has 2 amide bonds. The zero-order valence-corrected chi connectivity index (χ0v) is 29.9. The number of unbranched alkanes of at least 4 members (excludes halogenated alkanes) is 2. The SMILES string of the molecule is C=CCOC12Oc3ccc(OC(=O)NCC)cc3C3C(CCCCO)C(CCCCO)C=C(C(=NOC(C)(C)C)CC1N(C)C(=O)OC)C32. The number of allylic oxidation sites excluding steroid dienone is 1. The van der Waals surface area contributed by atoms with Crippen molar-refractivity contribution >= 4 is 17.9 Å². The van der Waals surface area contributed by atoms with Crippen molar-refractivity contribution in [1.29, 1.82) is 0 Å². The van der Waals surface area contributed by atoms with Gasteiger partial charge in [-0.1, -0.05) is 30.1 Å². The third-order valence-corrected chi connectivity index (χ3v) is 9.54. The van der Waals surface area contributed by atoms with E-state index in [0.29, 0.717) is 36.6 Å². The molecule has 6 unspecified atom stereocenters. The minimum absolute atomic E-state index is 0.0417. The van der Waals surface area contributed by atoms with Crippen LogP contribution in [-0.4, -0.2) is 91.0 Å². The van der Waals surface area contributed by atoms with Crippen LogP contribution in [-0.2, 0) is 14.3 Å². The van der Waals surface area contributed by atoms with Crippen molar-refractivity contribution < 1.29 is 43.6 Å². The molecule has 272 valence electrons. The first-order valence-electron chi connectivity index (χ1n) is 17.5. The second-order valence-electron chi connectivity index (χ2n) is 14.0. The molecule has 49 heavy (non-hydrogen) atoms. The molecule has 2 aliphatic carbocycles. The molecule has 0 saturated heterocycles. The third kappa shape index (κ3) is 8.59. The quantitative estimate of drug-likeness (QED) is 0.116. The first-order chi connectivity index (χ1) is 23.4. The number of likely N-dealkylation sites (N-methyl/N-ethyl adjacent to an activating group) is 1. The molecule has 6 atom stereocenters. The maximum Gasteiger partial charge on any atom is 0.412 e. The van der Waals surface area contributed by atoms with Gasteiger partial charge in [0.1, 0.15) is 23.1 Å². The molecule has 0 radical (unpaired) electrons. The van der Waals surface area contributed by atoms with Gasteiger partial charge < -0.3 is 44.2 Å². The van der Waals surface area contributed by atoms with Crippen molar-refractivity contribution in [1.82, 2.24) is 10.2 Å². The molecular weight excluding hydrogens is 630 g/mol. The first kappa shape index (κ1) is 38.2. The maximum absolute atomic E-state index is 13.2. The van der Waals surface area contributed by atoms with Crippen molar-refractivity contribution in [3.8, 4) is 11.5 Å². The lowest BCUT2D eigenvalue weighted by Gasteiger charge is -2.59. The van der Waals surface area contributed by atoms with Crippen molar-refractivity contribution in [2.45, 2.75) is 96.0 Å².